The molecule has 1 aliphatic rings. The van der Waals surface area contributed by atoms with Crippen molar-refractivity contribution in [3.8, 4) is 5.75 Å². The van der Waals surface area contributed by atoms with E-state index in [9.17, 15) is 4.79 Å². The predicted molar refractivity (Wildman–Crippen MR) is 93.2 cm³/mol. The number of ether oxygens (including phenoxy) is 1. The van der Waals surface area contributed by atoms with Crippen LogP contribution in [-0.4, -0.2) is 51.8 Å². The Hall–Kier alpha value is -1.75. The molecule has 0 aromatic heterocycles. The molecule has 5 nitrogen and oxygen atoms in total. The van der Waals surface area contributed by atoms with Crippen molar-refractivity contribution in [3.05, 3.63) is 24.3 Å². The summed E-state index contributed by atoms with van der Waals surface area (Å²) in [5, 5.41) is 3.00. The van der Waals surface area contributed by atoms with Crippen molar-refractivity contribution in [3.63, 3.8) is 0 Å². The zero-order valence-corrected chi connectivity index (χ0v) is 14.6. The van der Waals surface area contributed by atoms with Gasteiger partial charge < -0.3 is 19.9 Å². The number of nitrogens with one attached hydrogen (secondary N) is 2. The van der Waals surface area contributed by atoms with Crippen molar-refractivity contribution in [2.45, 2.75) is 20.8 Å². The number of para-hydroxylation sites is 2. The highest BCUT2D eigenvalue weighted by Gasteiger charge is 2.23. The Bertz CT molecular complexity index is 497. The van der Waals surface area contributed by atoms with Gasteiger partial charge in [0, 0.05) is 6.54 Å². The smallest absolute Gasteiger partial charge is 0.275 e. The highest BCUT2D eigenvalue weighted by atomic mass is 16.5. The molecule has 1 fully saturated rings. The molecular weight excluding hydrogens is 290 g/mol. The molecule has 0 bridgehead atoms. The molecule has 0 spiro atoms. The summed E-state index contributed by atoms with van der Waals surface area (Å²) in [6.07, 6.45) is 0. The summed E-state index contributed by atoms with van der Waals surface area (Å²) in [5.41, 5.74) is 1.16. The van der Waals surface area contributed by atoms with Gasteiger partial charge in [-0.2, -0.15) is 0 Å². The number of quaternary nitrogens is 1. The zero-order chi connectivity index (χ0) is 16.7. The summed E-state index contributed by atoms with van der Waals surface area (Å²) in [5.74, 6) is 1.62. The Morgan fingerprint density at radius 2 is 2.00 bits per heavy atom. The van der Waals surface area contributed by atoms with Gasteiger partial charge in [0.2, 0.25) is 0 Å². The van der Waals surface area contributed by atoms with Crippen LogP contribution in [0.5, 0.6) is 5.75 Å². The van der Waals surface area contributed by atoms with Gasteiger partial charge in [0.15, 0.2) is 6.54 Å². The van der Waals surface area contributed by atoms with Crippen molar-refractivity contribution in [1.29, 1.82) is 0 Å². The van der Waals surface area contributed by atoms with Gasteiger partial charge in [0.05, 0.1) is 38.5 Å². The second kappa shape index (κ2) is 8.77. The minimum Gasteiger partial charge on any atom is -0.492 e. The van der Waals surface area contributed by atoms with Crippen LogP contribution in [-0.2, 0) is 4.79 Å². The van der Waals surface area contributed by atoms with Crippen molar-refractivity contribution in [1.82, 2.24) is 5.32 Å². The van der Waals surface area contributed by atoms with Crippen LogP contribution >= 0.6 is 0 Å². The monoisotopic (exact) mass is 320 g/mol. The number of hydrogen-bond donors (Lipinski definition) is 2. The fourth-order valence-electron chi connectivity index (χ4n) is 2.84. The van der Waals surface area contributed by atoms with Gasteiger partial charge in [-0.25, -0.2) is 0 Å². The minimum atomic E-state index is 0.164. The first kappa shape index (κ1) is 17.6. The molecule has 1 aromatic carbocycles. The molecule has 0 unspecified atom stereocenters. The molecule has 1 aromatic rings. The number of amides is 1. The van der Waals surface area contributed by atoms with Crippen LogP contribution in [0.4, 0.5) is 5.69 Å². The van der Waals surface area contributed by atoms with Gasteiger partial charge in [0.25, 0.3) is 5.91 Å². The Morgan fingerprint density at radius 1 is 1.30 bits per heavy atom. The fourth-order valence-corrected chi connectivity index (χ4v) is 2.84. The van der Waals surface area contributed by atoms with E-state index >= 15 is 0 Å². The summed E-state index contributed by atoms with van der Waals surface area (Å²) < 4.78 is 5.72. The molecular formula is C18H30N3O2+. The summed E-state index contributed by atoms with van der Waals surface area (Å²) in [6.45, 7) is 12.1. The molecule has 0 radical (unpaired) electrons. The number of piperazine rings is 1. The average molecular weight is 320 g/mol. The molecule has 1 heterocycles. The van der Waals surface area contributed by atoms with Crippen LogP contribution in [0.3, 0.4) is 0 Å². The lowest BCUT2D eigenvalue weighted by Gasteiger charge is -2.34. The molecule has 2 rings (SSSR count). The van der Waals surface area contributed by atoms with E-state index in [0.717, 1.165) is 44.2 Å². The Morgan fingerprint density at radius 3 is 2.65 bits per heavy atom. The Labute approximate surface area is 139 Å². The van der Waals surface area contributed by atoms with Gasteiger partial charge in [-0.15, -0.1) is 0 Å². The maximum Gasteiger partial charge on any atom is 0.275 e. The lowest BCUT2D eigenvalue weighted by atomic mass is 10.2. The van der Waals surface area contributed by atoms with E-state index in [1.807, 2.05) is 19.1 Å². The molecule has 2 N–H and O–H groups in total. The Balaban J connectivity index is 1.83. The summed E-state index contributed by atoms with van der Waals surface area (Å²) >= 11 is 0. The van der Waals surface area contributed by atoms with Crippen molar-refractivity contribution < 1.29 is 14.4 Å². The minimum absolute atomic E-state index is 0.164. The van der Waals surface area contributed by atoms with E-state index in [0.29, 0.717) is 19.1 Å². The van der Waals surface area contributed by atoms with Gasteiger partial charge in [0.1, 0.15) is 5.75 Å². The molecule has 0 atom stereocenters. The van der Waals surface area contributed by atoms with Crippen LogP contribution in [0.15, 0.2) is 24.3 Å². The molecule has 5 heteroatoms. The summed E-state index contributed by atoms with van der Waals surface area (Å²) in [4.78, 5) is 15.7. The molecule has 128 valence electrons. The maximum absolute atomic E-state index is 11.9. The van der Waals surface area contributed by atoms with Gasteiger partial charge in [-0.1, -0.05) is 26.0 Å². The summed E-state index contributed by atoms with van der Waals surface area (Å²) in [7, 11) is 0. The maximum atomic E-state index is 11.9. The topological polar surface area (TPSA) is 46.0 Å². The number of anilines is 1. The molecule has 0 saturated carbocycles. The van der Waals surface area contributed by atoms with Gasteiger partial charge in [-0.05, 0) is 25.0 Å². The third-order valence-electron chi connectivity index (χ3n) is 4.09. The van der Waals surface area contributed by atoms with E-state index in [4.69, 9.17) is 4.74 Å². The summed E-state index contributed by atoms with van der Waals surface area (Å²) in [6, 6.07) is 8.20. The highest BCUT2D eigenvalue weighted by Crippen LogP contribution is 2.27. The highest BCUT2D eigenvalue weighted by molar-refractivity contribution is 5.76. The average Bonchev–Trinajstić information content (AvgIpc) is 2.55. The number of carbonyl (C=O) groups excluding carboxylic acids is 1. The third kappa shape index (κ3) is 5.43. The number of benzene rings is 1. The standard InChI is InChI=1S/C18H29N3O2/c1-4-23-17-8-6-5-7-16(17)21-11-9-20(10-12-21)14-18(22)19-13-15(2)3/h5-8,15H,4,9-14H2,1-3H3,(H,19,22)/p+1. The predicted octanol–water partition coefficient (Wildman–Crippen LogP) is 0.562. The van der Waals surface area contributed by atoms with E-state index in [2.05, 4.69) is 36.2 Å². The number of nitrogens with zero attached hydrogens (tertiary/aromatic N) is 1. The Kier molecular flexibility index (Phi) is 6.71. The lowest BCUT2D eigenvalue weighted by molar-refractivity contribution is -0.892. The quantitative estimate of drug-likeness (QED) is 0.772. The van der Waals surface area contributed by atoms with E-state index < -0.39 is 0 Å². The van der Waals surface area contributed by atoms with Crippen LogP contribution < -0.4 is 19.9 Å². The third-order valence-corrected chi connectivity index (χ3v) is 4.09. The van der Waals surface area contributed by atoms with E-state index in [1.165, 1.54) is 4.90 Å². The van der Waals surface area contributed by atoms with E-state index in [1.54, 1.807) is 0 Å². The largest absolute Gasteiger partial charge is 0.492 e. The van der Waals surface area contributed by atoms with E-state index in [-0.39, 0.29) is 5.91 Å². The first-order chi connectivity index (χ1) is 11.1. The molecule has 0 aliphatic carbocycles. The number of carbonyl (C=O) groups is 1. The molecule has 1 amide bonds. The van der Waals surface area contributed by atoms with Crippen LogP contribution in [0.25, 0.3) is 0 Å². The van der Waals surface area contributed by atoms with Gasteiger partial charge >= 0.3 is 0 Å². The molecule has 1 saturated heterocycles. The van der Waals surface area contributed by atoms with Crippen LogP contribution in [0.2, 0.25) is 0 Å². The normalized spacial score (nSPS) is 15.7. The zero-order valence-electron chi connectivity index (χ0n) is 14.6. The van der Waals surface area contributed by atoms with Crippen molar-refractivity contribution in [2.24, 2.45) is 5.92 Å². The first-order valence-corrected chi connectivity index (χ1v) is 8.67. The molecule has 1 aliphatic heterocycles. The first-order valence-electron chi connectivity index (χ1n) is 8.67. The second-order valence-electron chi connectivity index (χ2n) is 6.51. The van der Waals surface area contributed by atoms with Gasteiger partial charge in [-0.3, -0.25) is 4.79 Å². The SMILES string of the molecule is CCOc1ccccc1N1CC[NH+](CC(=O)NCC(C)C)CC1. The van der Waals surface area contributed by atoms with Crippen LogP contribution in [0.1, 0.15) is 20.8 Å². The number of rotatable bonds is 7. The second-order valence-corrected chi connectivity index (χ2v) is 6.51. The van der Waals surface area contributed by atoms with Crippen molar-refractivity contribution in [2.75, 3.05) is 50.8 Å². The lowest BCUT2D eigenvalue weighted by Crippen LogP contribution is -3.16. The number of hydrogen-bond acceptors (Lipinski definition) is 3. The molecule has 23 heavy (non-hydrogen) atoms. The van der Waals surface area contributed by atoms with Crippen molar-refractivity contribution >= 4 is 11.6 Å². The van der Waals surface area contributed by atoms with Crippen LogP contribution in [0, 0.1) is 5.92 Å². The fraction of sp³-hybridized carbons (Fsp3) is 0.611.